The third kappa shape index (κ3) is 3.16. The summed E-state index contributed by atoms with van der Waals surface area (Å²) in [5, 5.41) is 4.89. The molecule has 2 saturated heterocycles. The molecule has 0 spiro atoms. The molecule has 2 aliphatic heterocycles. The Bertz CT molecular complexity index is 627. The highest BCUT2D eigenvalue weighted by molar-refractivity contribution is 5.77. The summed E-state index contributed by atoms with van der Waals surface area (Å²) in [7, 11) is 0. The lowest BCUT2D eigenvalue weighted by Crippen LogP contribution is -2.41. The number of para-hydroxylation sites is 1. The molecule has 2 fully saturated rings. The van der Waals surface area contributed by atoms with Crippen LogP contribution in [-0.2, 0) is 4.74 Å². The zero-order valence-electron chi connectivity index (χ0n) is 14.0. The van der Waals surface area contributed by atoms with E-state index < -0.39 is 0 Å². The number of furan rings is 1. The monoisotopic (exact) mass is 314 g/mol. The third-order valence-electron chi connectivity index (χ3n) is 4.97. The van der Waals surface area contributed by atoms with Gasteiger partial charge in [0.05, 0.1) is 19.3 Å². The second-order valence-corrected chi connectivity index (χ2v) is 7.21. The van der Waals surface area contributed by atoms with Crippen molar-refractivity contribution in [1.29, 1.82) is 0 Å². The summed E-state index contributed by atoms with van der Waals surface area (Å²) >= 11 is 0. The van der Waals surface area contributed by atoms with Gasteiger partial charge in [0.2, 0.25) is 0 Å². The molecule has 3 atom stereocenters. The van der Waals surface area contributed by atoms with E-state index in [1.54, 1.807) is 0 Å². The van der Waals surface area contributed by atoms with Crippen LogP contribution in [0.4, 0.5) is 0 Å². The Kier molecular flexibility index (Phi) is 4.14. The Balaban J connectivity index is 1.62. The predicted octanol–water partition coefficient (Wildman–Crippen LogP) is 3.19. The van der Waals surface area contributed by atoms with Crippen molar-refractivity contribution in [3.05, 3.63) is 36.1 Å². The molecule has 4 nitrogen and oxygen atoms in total. The van der Waals surface area contributed by atoms with Crippen molar-refractivity contribution in [3.8, 4) is 0 Å². The van der Waals surface area contributed by atoms with E-state index in [1.807, 2.05) is 6.07 Å². The van der Waals surface area contributed by atoms with Crippen LogP contribution in [0.1, 0.15) is 32.1 Å². The van der Waals surface area contributed by atoms with Crippen LogP contribution in [0.2, 0.25) is 0 Å². The van der Waals surface area contributed by atoms with Gasteiger partial charge >= 0.3 is 0 Å². The number of rotatable bonds is 5. The van der Waals surface area contributed by atoms with Crippen LogP contribution in [0.25, 0.3) is 11.0 Å². The first-order valence-corrected chi connectivity index (χ1v) is 8.78. The van der Waals surface area contributed by atoms with Gasteiger partial charge in [-0.2, -0.15) is 0 Å². The average Bonchev–Trinajstić information content (AvgIpc) is 3.13. The molecule has 0 unspecified atom stereocenters. The number of hydrogen-bond acceptors (Lipinski definition) is 4. The maximum absolute atomic E-state index is 6.22. The van der Waals surface area contributed by atoms with Gasteiger partial charge in [-0.25, -0.2) is 0 Å². The predicted molar refractivity (Wildman–Crippen MR) is 91.5 cm³/mol. The van der Waals surface area contributed by atoms with Crippen molar-refractivity contribution in [2.45, 2.75) is 38.4 Å². The van der Waals surface area contributed by atoms with Crippen molar-refractivity contribution in [1.82, 2.24) is 10.2 Å². The molecule has 124 valence electrons. The topological polar surface area (TPSA) is 47.5 Å². The van der Waals surface area contributed by atoms with Gasteiger partial charge in [-0.05, 0) is 24.5 Å². The van der Waals surface area contributed by atoms with Gasteiger partial charge in [0.1, 0.15) is 11.3 Å². The maximum atomic E-state index is 6.22. The molecule has 1 N–H and O–H groups in total. The number of nitrogens with zero attached hydrogens (tertiary/aromatic N) is 1. The van der Waals surface area contributed by atoms with Gasteiger partial charge in [-0.1, -0.05) is 32.0 Å². The molecule has 0 amide bonds. The minimum atomic E-state index is 0.315. The van der Waals surface area contributed by atoms with E-state index >= 15 is 0 Å². The Morgan fingerprint density at radius 3 is 2.74 bits per heavy atom. The lowest BCUT2D eigenvalue weighted by atomic mass is 10.00. The maximum Gasteiger partial charge on any atom is 0.134 e. The number of benzene rings is 1. The molecule has 4 heteroatoms. The van der Waals surface area contributed by atoms with Gasteiger partial charge in [-0.15, -0.1) is 0 Å². The van der Waals surface area contributed by atoms with Crippen LogP contribution in [-0.4, -0.2) is 43.3 Å². The van der Waals surface area contributed by atoms with Gasteiger partial charge in [0, 0.05) is 30.6 Å². The summed E-state index contributed by atoms with van der Waals surface area (Å²) in [4.78, 5) is 2.53. The Hall–Kier alpha value is -1.36. The van der Waals surface area contributed by atoms with Crippen molar-refractivity contribution in [2.75, 3.05) is 26.3 Å². The van der Waals surface area contributed by atoms with Crippen molar-refractivity contribution < 1.29 is 9.15 Å². The quantitative estimate of drug-likeness (QED) is 0.861. The zero-order valence-corrected chi connectivity index (χ0v) is 14.0. The van der Waals surface area contributed by atoms with Crippen LogP contribution in [0.3, 0.4) is 0 Å². The molecule has 1 aromatic carbocycles. The fourth-order valence-electron chi connectivity index (χ4n) is 3.81. The zero-order chi connectivity index (χ0) is 15.8. The third-order valence-corrected chi connectivity index (χ3v) is 4.97. The van der Waals surface area contributed by atoms with Crippen molar-refractivity contribution in [3.63, 3.8) is 0 Å². The van der Waals surface area contributed by atoms with Crippen molar-refractivity contribution >= 4 is 11.0 Å². The molecule has 0 bridgehead atoms. The fraction of sp³-hybridized carbons (Fsp3) is 0.579. The van der Waals surface area contributed by atoms with Crippen LogP contribution >= 0.6 is 0 Å². The average molecular weight is 314 g/mol. The van der Waals surface area contributed by atoms with Crippen LogP contribution in [0.15, 0.2) is 34.7 Å². The second-order valence-electron chi connectivity index (χ2n) is 7.21. The van der Waals surface area contributed by atoms with Gasteiger partial charge in [0.15, 0.2) is 0 Å². The van der Waals surface area contributed by atoms with E-state index in [4.69, 9.17) is 9.15 Å². The summed E-state index contributed by atoms with van der Waals surface area (Å²) in [5.41, 5.74) is 0.988. The molecule has 0 aliphatic carbocycles. The first-order chi connectivity index (χ1) is 11.2. The summed E-state index contributed by atoms with van der Waals surface area (Å²) in [6, 6.07) is 11.9. The lowest BCUT2D eigenvalue weighted by molar-refractivity contribution is 0.0110. The highest BCUT2D eigenvalue weighted by Gasteiger charge is 2.46. The molecular formula is C19H26N2O2. The number of fused-ring (bicyclic) bond motifs is 1. The lowest BCUT2D eigenvalue weighted by Gasteiger charge is -2.33. The van der Waals surface area contributed by atoms with E-state index in [9.17, 15) is 0 Å². The molecule has 23 heavy (non-hydrogen) atoms. The van der Waals surface area contributed by atoms with E-state index in [2.05, 4.69) is 48.3 Å². The molecular weight excluding hydrogens is 288 g/mol. The molecule has 2 aliphatic rings. The van der Waals surface area contributed by atoms with Gasteiger partial charge in [0.25, 0.3) is 0 Å². The molecule has 0 saturated carbocycles. The second kappa shape index (κ2) is 6.27. The summed E-state index contributed by atoms with van der Waals surface area (Å²) in [6.07, 6.45) is 1.23. The molecule has 1 aromatic heterocycles. The SMILES string of the molecule is CC(C)C[C@@H]1N[C@H]1[C@@H](c1cc2ccccc2o1)N1CCOCC1. The Morgan fingerprint density at radius 2 is 2.00 bits per heavy atom. The van der Waals surface area contributed by atoms with Gasteiger partial charge < -0.3 is 14.5 Å². The molecule has 4 rings (SSSR count). The smallest absolute Gasteiger partial charge is 0.134 e. The standard InChI is InChI=1S/C19H26N2O2/c1-13(2)11-15-18(20-15)19(21-7-9-22-10-8-21)17-12-14-5-3-4-6-16(14)23-17/h3-6,12-13,15,18-20H,7-11H2,1-2H3/t15-,18+,19+/m0/s1. The number of morpholine rings is 1. The highest BCUT2D eigenvalue weighted by atomic mass is 16.5. The minimum Gasteiger partial charge on any atom is -0.459 e. The normalized spacial score (nSPS) is 26.7. The van der Waals surface area contributed by atoms with Crippen LogP contribution < -0.4 is 5.32 Å². The van der Waals surface area contributed by atoms with Crippen LogP contribution in [0, 0.1) is 5.92 Å². The molecule has 2 aromatic rings. The van der Waals surface area contributed by atoms with Crippen molar-refractivity contribution in [2.24, 2.45) is 5.92 Å². The summed E-state index contributed by atoms with van der Waals surface area (Å²) in [5.74, 6) is 1.82. The fourth-order valence-corrected chi connectivity index (χ4v) is 3.81. The molecule has 3 heterocycles. The van der Waals surface area contributed by atoms with E-state index in [0.29, 0.717) is 18.1 Å². The Morgan fingerprint density at radius 1 is 1.22 bits per heavy atom. The number of hydrogen-bond donors (Lipinski definition) is 1. The van der Waals surface area contributed by atoms with Crippen LogP contribution in [0.5, 0.6) is 0 Å². The first kappa shape index (κ1) is 15.2. The van der Waals surface area contributed by atoms with Gasteiger partial charge in [-0.3, -0.25) is 4.90 Å². The van der Waals surface area contributed by atoms with E-state index in [0.717, 1.165) is 43.6 Å². The number of nitrogens with one attached hydrogen (secondary N) is 1. The summed E-state index contributed by atoms with van der Waals surface area (Å²) < 4.78 is 11.8. The first-order valence-electron chi connectivity index (χ1n) is 8.78. The number of ether oxygens (including phenoxy) is 1. The largest absolute Gasteiger partial charge is 0.459 e. The minimum absolute atomic E-state index is 0.315. The summed E-state index contributed by atoms with van der Waals surface area (Å²) in [6.45, 7) is 8.18. The highest BCUT2D eigenvalue weighted by Crippen LogP contribution is 2.38. The van der Waals surface area contributed by atoms with E-state index in [-0.39, 0.29) is 0 Å². The van der Waals surface area contributed by atoms with E-state index in [1.165, 1.54) is 11.8 Å². The molecule has 0 radical (unpaired) electrons. The Labute approximate surface area is 137 Å².